The highest BCUT2D eigenvalue weighted by molar-refractivity contribution is 6.38. The number of benzene rings is 1. The molecule has 1 aromatic carbocycles. The SMILES string of the molecule is O=C(O)C12C=NN=C1c1ccccc1N=C2. The van der Waals surface area contributed by atoms with E-state index in [1.54, 1.807) is 6.07 Å². The normalized spacial score (nSPS) is 24.9. The van der Waals surface area contributed by atoms with Crippen LogP contribution in [0.1, 0.15) is 5.56 Å². The zero-order chi connectivity index (χ0) is 11.2. The van der Waals surface area contributed by atoms with Crippen molar-refractivity contribution < 1.29 is 9.90 Å². The van der Waals surface area contributed by atoms with E-state index in [4.69, 9.17) is 0 Å². The van der Waals surface area contributed by atoms with Gasteiger partial charge in [-0.1, -0.05) is 18.2 Å². The van der Waals surface area contributed by atoms with Gasteiger partial charge in [-0.25, -0.2) is 0 Å². The molecule has 2 aliphatic rings. The fraction of sp³-hybridized carbons (Fsp3) is 0.0909. The van der Waals surface area contributed by atoms with Gasteiger partial charge < -0.3 is 5.11 Å². The van der Waals surface area contributed by atoms with Gasteiger partial charge in [0, 0.05) is 11.8 Å². The second-order valence-corrected chi connectivity index (χ2v) is 3.64. The lowest BCUT2D eigenvalue weighted by Gasteiger charge is -2.23. The Bertz CT molecular complexity index is 574. The van der Waals surface area contributed by atoms with Crippen molar-refractivity contribution in [1.82, 2.24) is 0 Å². The monoisotopic (exact) mass is 213 g/mol. The standard InChI is InChI=1S/C11H7N3O2/c15-10(16)11-5-12-8-4-2-1-3-7(8)9(11)14-13-6-11/h1-6H,(H,15,16). The minimum Gasteiger partial charge on any atom is -0.480 e. The molecule has 3 rings (SSSR count). The van der Waals surface area contributed by atoms with Crippen molar-refractivity contribution in [1.29, 1.82) is 0 Å². The van der Waals surface area contributed by atoms with Crippen LogP contribution in [-0.4, -0.2) is 29.2 Å². The number of carbonyl (C=O) groups is 1. The largest absolute Gasteiger partial charge is 0.480 e. The van der Waals surface area contributed by atoms with Crippen LogP contribution >= 0.6 is 0 Å². The summed E-state index contributed by atoms with van der Waals surface area (Å²) in [5, 5.41) is 16.9. The van der Waals surface area contributed by atoms with E-state index in [9.17, 15) is 9.90 Å². The lowest BCUT2D eigenvalue weighted by Crippen LogP contribution is -2.42. The number of nitrogens with zero attached hydrogens (tertiary/aromatic N) is 3. The Balaban J connectivity index is 2.27. The van der Waals surface area contributed by atoms with Gasteiger partial charge in [0.05, 0.1) is 11.9 Å². The van der Waals surface area contributed by atoms with Crippen molar-refractivity contribution in [2.75, 3.05) is 0 Å². The van der Waals surface area contributed by atoms with Gasteiger partial charge in [0.15, 0.2) is 5.41 Å². The van der Waals surface area contributed by atoms with E-state index in [1.807, 2.05) is 18.2 Å². The molecule has 1 unspecified atom stereocenters. The third-order valence-corrected chi connectivity index (χ3v) is 2.73. The second-order valence-electron chi connectivity index (χ2n) is 3.64. The summed E-state index contributed by atoms with van der Waals surface area (Å²) < 4.78 is 0. The van der Waals surface area contributed by atoms with Crippen LogP contribution in [-0.2, 0) is 4.79 Å². The van der Waals surface area contributed by atoms with Crippen LogP contribution in [0.25, 0.3) is 0 Å². The Labute approximate surface area is 90.9 Å². The minimum absolute atomic E-state index is 0.436. The van der Waals surface area contributed by atoms with Crippen molar-refractivity contribution in [3.05, 3.63) is 29.8 Å². The van der Waals surface area contributed by atoms with E-state index in [0.717, 1.165) is 11.3 Å². The molecule has 16 heavy (non-hydrogen) atoms. The average molecular weight is 213 g/mol. The van der Waals surface area contributed by atoms with Crippen LogP contribution in [0.4, 0.5) is 5.69 Å². The summed E-state index contributed by atoms with van der Waals surface area (Å²) in [4.78, 5) is 15.5. The maximum Gasteiger partial charge on any atom is 0.327 e. The lowest BCUT2D eigenvalue weighted by molar-refractivity contribution is -0.139. The molecule has 1 N–H and O–H groups in total. The summed E-state index contributed by atoms with van der Waals surface area (Å²) >= 11 is 0. The molecule has 0 radical (unpaired) electrons. The fourth-order valence-electron chi connectivity index (χ4n) is 1.86. The van der Waals surface area contributed by atoms with Gasteiger partial charge >= 0.3 is 5.97 Å². The Morgan fingerprint density at radius 2 is 2.06 bits per heavy atom. The summed E-state index contributed by atoms with van der Waals surface area (Å²) in [6.07, 6.45) is 2.69. The molecule has 5 nitrogen and oxygen atoms in total. The lowest BCUT2D eigenvalue weighted by atomic mass is 9.80. The van der Waals surface area contributed by atoms with Gasteiger partial charge in [-0.15, -0.1) is 0 Å². The maximum absolute atomic E-state index is 11.3. The molecule has 0 amide bonds. The number of aliphatic imine (C=N–C) groups is 1. The van der Waals surface area contributed by atoms with E-state index in [0.29, 0.717) is 5.71 Å². The Kier molecular flexibility index (Phi) is 1.60. The van der Waals surface area contributed by atoms with Crippen LogP contribution < -0.4 is 0 Å². The molecule has 2 aliphatic heterocycles. The molecule has 0 saturated carbocycles. The zero-order valence-electron chi connectivity index (χ0n) is 8.16. The van der Waals surface area contributed by atoms with E-state index < -0.39 is 11.4 Å². The molecule has 0 aliphatic carbocycles. The first kappa shape index (κ1) is 8.96. The van der Waals surface area contributed by atoms with Crippen molar-refractivity contribution in [2.24, 2.45) is 20.6 Å². The quantitative estimate of drug-likeness (QED) is 0.762. The fourth-order valence-corrected chi connectivity index (χ4v) is 1.86. The van der Waals surface area contributed by atoms with Gasteiger partial charge in [-0.2, -0.15) is 10.2 Å². The van der Waals surface area contributed by atoms with E-state index in [1.165, 1.54) is 12.4 Å². The van der Waals surface area contributed by atoms with Gasteiger partial charge in [0.25, 0.3) is 0 Å². The molecule has 0 saturated heterocycles. The highest BCUT2D eigenvalue weighted by atomic mass is 16.4. The first-order valence-electron chi connectivity index (χ1n) is 4.75. The Hall–Kier alpha value is -2.30. The summed E-state index contributed by atoms with van der Waals surface area (Å²) in [5.41, 5.74) is 0.605. The van der Waals surface area contributed by atoms with Crippen LogP contribution in [0.2, 0.25) is 0 Å². The maximum atomic E-state index is 11.3. The van der Waals surface area contributed by atoms with Gasteiger partial charge in [-0.3, -0.25) is 9.79 Å². The molecule has 1 aromatic rings. The van der Waals surface area contributed by atoms with Gasteiger partial charge in [0.2, 0.25) is 0 Å². The zero-order valence-corrected chi connectivity index (χ0v) is 8.16. The number of rotatable bonds is 1. The van der Waals surface area contributed by atoms with E-state index in [2.05, 4.69) is 15.2 Å². The molecule has 0 spiro atoms. The molecule has 78 valence electrons. The van der Waals surface area contributed by atoms with Crippen LogP contribution in [0.15, 0.2) is 39.5 Å². The first-order chi connectivity index (χ1) is 7.74. The van der Waals surface area contributed by atoms with Crippen molar-refractivity contribution in [3.63, 3.8) is 0 Å². The molecular formula is C11H7N3O2. The van der Waals surface area contributed by atoms with Gasteiger partial charge in [-0.05, 0) is 6.07 Å². The van der Waals surface area contributed by atoms with Crippen LogP contribution in [0, 0.1) is 5.41 Å². The minimum atomic E-state index is -1.28. The summed E-state index contributed by atoms with van der Waals surface area (Å²) in [5.74, 6) is -1.01. The molecule has 5 heteroatoms. The highest BCUT2D eigenvalue weighted by Gasteiger charge is 2.47. The Morgan fingerprint density at radius 1 is 1.25 bits per heavy atom. The van der Waals surface area contributed by atoms with Crippen molar-refractivity contribution in [3.8, 4) is 0 Å². The van der Waals surface area contributed by atoms with Crippen LogP contribution in [0.5, 0.6) is 0 Å². The molecule has 1 atom stereocenters. The molecule has 0 aromatic heterocycles. The highest BCUT2D eigenvalue weighted by Crippen LogP contribution is 2.34. The van der Waals surface area contributed by atoms with Crippen molar-refractivity contribution >= 4 is 29.8 Å². The number of hydrogen-bond donors (Lipinski definition) is 1. The predicted molar refractivity (Wildman–Crippen MR) is 59.7 cm³/mol. The summed E-state index contributed by atoms with van der Waals surface area (Å²) in [6, 6.07) is 7.29. The summed E-state index contributed by atoms with van der Waals surface area (Å²) in [6.45, 7) is 0. The van der Waals surface area contributed by atoms with E-state index >= 15 is 0 Å². The van der Waals surface area contributed by atoms with E-state index in [-0.39, 0.29) is 0 Å². The molecule has 0 bridgehead atoms. The number of aliphatic carboxylic acids is 1. The predicted octanol–water partition coefficient (Wildman–Crippen LogP) is 1.26. The number of carboxylic acid groups (broad SMARTS) is 1. The number of carboxylic acids is 1. The Morgan fingerprint density at radius 3 is 2.88 bits per heavy atom. The second kappa shape index (κ2) is 2.85. The third-order valence-electron chi connectivity index (χ3n) is 2.73. The molecule has 2 heterocycles. The molecular weight excluding hydrogens is 206 g/mol. The van der Waals surface area contributed by atoms with Crippen molar-refractivity contribution in [2.45, 2.75) is 0 Å². The number of para-hydroxylation sites is 1. The third kappa shape index (κ3) is 0.942. The summed E-state index contributed by atoms with van der Waals surface area (Å²) in [7, 11) is 0. The van der Waals surface area contributed by atoms with Crippen LogP contribution in [0.3, 0.4) is 0 Å². The van der Waals surface area contributed by atoms with Gasteiger partial charge in [0.1, 0.15) is 5.71 Å². The smallest absolute Gasteiger partial charge is 0.327 e. The first-order valence-corrected chi connectivity index (χ1v) is 4.75. The topological polar surface area (TPSA) is 74.4 Å². The average Bonchev–Trinajstić information content (AvgIpc) is 2.74. The number of fused-ring (bicyclic) bond motifs is 3. The number of hydrogen-bond acceptors (Lipinski definition) is 4. The molecule has 0 fully saturated rings.